The molecule has 1 unspecified atom stereocenters. The lowest BCUT2D eigenvalue weighted by Crippen LogP contribution is -2.33. The Bertz CT molecular complexity index is 337. The van der Waals surface area contributed by atoms with Gasteiger partial charge in [0, 0.05) is 29.8 Å². The normalized spacial score (nSPS) is 23.3. The number of hydrogen-bond acceptors (Lipinski definition) is 3. The molecule has 1 aromatic rings. The molecule has 13 heavy (non-hydrogen) atoms. The zero-order valence-corrected chi connectivity index (χ0v) is 8.33. The smallest absolute Gasteiger partial charge is 0.268 e. The predicted octanol–water partition coefficient (Wildman–Crippen LogP) is 0.389. The van der Waals surface area contributed by atoms with Crippen LogP contribution in [0.3, 0.4) is 0 Å². The van der Waals surface area contributed by atoms with E-state index in [4.69, 9.17) is 0 Å². The van der Waals surface area contributed by atoms with Gasteiger partial charge < -0.3 is 10.4 Å². The van der Waals surface area contributed by atoms with E-state index in [1.165, 1.54) is 0 Å². The van der Waals surface area contributed by atoms with Gasteiger partial charge in [-0.3, -0.25) is 9.89 Å². The monoisotopic (exact) mass is 199 g/mol. The van der Waals surface area contributed by atoms with Crippen molar-refractivity contribution in [3.63, 3.8) is 0 Å². The molecule has 3 N–H and O–H groups in total. The van der Waals surface area contributed by atoms with E-state index in [0.29, 0.717) is 0 Å². The van der Waals surface area contributed by atoms with Gasteiger partial charge in [-0.2, -0.15) is 11.8 Å². The van der Waals surface area contributed by atoms with E-state index in [1.807, 2.05) is 18.7 Å². The number of rotatable bonds is 1. The molecule has 1 aromatic heterocycles. The number of thioether (sulfide) groups is 1. The number of nitrogens with one attached hydrogen (secondary N) is 3. The summed E-state index contributed by atoms with van der Waals surface area (Å²) in [5.74, 6) is 2.12. The average Bonchev–Trinajstić information content (AvgIpc) is 2.48. The van der Waals surface area contributed by atoms with Crippen molar-refractivity contribution in [2.75, 3.05) is 18.1 Å². The maximum absolute atomic E-state index is 11.4. The SMILES string of the molecule is Cc1[nH][nH]c(=O)c1C1CSCCN1. The van der Waals surface area contributed by atoms with E-state index in [1.54, 1.807) is 0 Å². The topological polar surface area (TPSA) is 60.7 Å². The number of aromatic nitrogens is 2. The van der Waals surface area contributed by atoms with E-state index >= 15 is 0 Å². The fourth-order valence-electron chi connectivity index (χ4n) is 1.63. The molecular formula is C8H13N3OS. The first kappa shape index (κ1) is 8.90. The molecular weight excluding hydrogens is 186 g/mol. The summed E-state index contributed by atoms with van der Waals surface area (Å²) in [6, 6.07) is 0.216. The van der Waals surface area contributed by atoms with Gasteiger partial charge in [0.05, 0.1) is 5.56 Å². The summed E-state index contributed by atoms with van der Waals surface area (Å²) in [5.41, 5.74) is 1.83. The van der Waals surface area contributed by atoms with Crippen LogP contribution in [0.15, 0.2) is 4.79 Å². The molecule has 1 saturated heterocycles. The van der Waals surface area contributed by atoms with Crippen LogP contribution >= 0.6 is 11.8 Å². The molecule has 0 aromatic carbocycles. The highest BCUT2D eigenvalue weighted by atomic mass is 32.2. The van der Waals surface area contributed by atoms with E-state index < -0.39 is 0 Å². The number of aryl methyl sites for hydroxylation is 1. The molecule has 2 heterocycles. The van der Waals surface area contributed by atoms with Crippen molar-refractivity contribution in [2.24, 2.45) is 0 Å². The Morgan fingerprint density at radius 1 is 1.46 bits per heavy atom. The minimum absolute atomic E-state index is 0.0116. The highest BCUT2D eigenvalue weighted by Crippen LogP contribution is 2.20. The summed E-state index contributed by atoms with van der Waals surface area (Å²) in [4.78, 5) is 11.4. The fraction of sp³-hybridized carbons (Fsp3) is 0.625. The molecule has 72 valence electrons. The molecule has 1 aliphatic heterocycles. The van der Waals surface area contributed by atoms with E-state index in [-0.39, 0.29) is 11.6 Å². The Balaban J connectivity index is 2.27. The Morgan fingerprint density at radius 3 is 2.85 bits per heavy atom. The number of hydrogen-bond donors (Lipinski definition) is 3. The van der Waals surface area contributed by atoms with Crippen LogP contribution < -0.4 is 10.9 Å². The molecule has 0 radical (unpaired) electrons. The zero-order chi connectivity index (χ0) is 9.26. The van der Waals surface area contributed by atoms with Crippen LogP contribution in [0.2, 0.25) is 0 Å². The first-order chi connectivity index (χ1) is 6.29. The van der Waals surface area contributed by atoms with Gasteiger partial charge in [0.15, 0.2) is 0 Å². The second-order valence-electron chi connectivity index (χ2n) is 3.20. The van der Waals surface area contributed by atoms with Crippen LogP contribution in [0, 0.1) is 6.92 Å². The third-order valence-corrected chi connectivity index (χ3v) is 3.34. The number of aromatic amines is 2. The Morgan fingerprint density at radius 2 is 2.31 bits per heavy atom. The molecule has 0 saturated carbocycles. The summed E-state index contributed by atoms with van der Waals surface area (Å²) < 4.78 is 0. The molecule has 1 atom stereocenters. The quantitative estimate of drug-likeness (QED) is 0.613. The first-order valence-corrected chi connectivity index (χ1v) is 5.53. The number of H-pyrrole nitrogens is 2. The third kappa shape index (κ3) is 1.66. The van der Waals surface area contributed by atoms with Crippen LogP contribution in [0.1, 0.15) is 17.3 Å². The predicted molar refractivity (Wildman–Crippen MR) is 54.2 cm³/mol. The van der Waals surface area contributed by atoms with Crippen molar-refractivity contribution >= 4 is 11.8 Å². The van der Waals surface area contributed by atoms with Crippen molar-refractivity contribution in [2.45, 2.75) is 13.0 Å². The van der Waals surface area contributed by atoms with E-state index in [2.05, 4.69) is 15.5 Å². The highest BCUT2D eigenvalue weighted by Gasteiger charge is 2.20. The van der Waals surface area contributed by atoms with Crippen molar-refractivity contribution in [3.05, 3.63) is 21.6 Å². The summed E-state index contributed by atoms with van der Waals surface area (Å²) in [7, 11) is 0. The largest absolute Gasteiger partial charge is 0.308 e. The Labute approximate surface area is 80.5 Å². The summed E-state index contributed by atoms with van der Waals surface area (Å²) in [5, 5.41) is 8.79. The van der Waals surface area contributed by atoms with Gasteiger partial charge in [0.2, 0.25) is 0 Å². The van der Waals surface area contributed by atoms with Crippen molar-refractivity contribution < 1.29 is 0 Å². The van der Waals surface area contributed by atoms with Gasteiger partial charge >= 0.3 is 0 Å². The van der Waals surface area contributed by atoms with Crippen molar-refractivity contribution in [3.8, 4) is 0 Å². The molecule has 1 aliphatic rings. The van der Waals surface area contributed by atoms with Crippen LogP contribution in [0.5, 0.6) is 0 Å². The van der Waals surface area contributed by atoms with Crippen molar-refractivity contribution in [1.82, 2.24) is 15.5 Å². The molecule has 0 bridgehead atoms. The second kappa shape index (κ2) is 3.59. The molecule has 4 nitrogen and oxygen atoms in total. The van der Waals surface area contributed by atoms with E-state index in [0.717, 1.165) is 29.3 Å². The highest BCUT2D eigenvalue weighted by molar-refractivity contribution is 7.99. The van der Waals surface area contributed by atoms with Gasteiger partial charge in [-0.15, -0.1) is 0 Å². The van der Waals surface area contributed by atoms with Crippen LogP contribution in [-0.2, 0) is 0 Å². The Hall–Kier alpha value is -0.680. The zero-order valence-electron chi connectivity index (χ0n) is 7.52. The lowest BCUT2D eigenvalue weighted by atomic mass is 10.1. The first-order valence-electron chi connectivity index (χ1n) is 4.37. The lowest BCUT2D eigenvalue weighted by molar-refractivity contribution is 0.589. The fourth-order valence-corrected chi connectivity index (χ4v) is 2.57. The Kier molecular flexibility index (Phi) is 2.46. The third-order valence-electron chi connectivity index (χ3n) is 2.28. The van der Waals surface area contributed by atoms with E-state index in [9.17, 15) is 4.79 Å². The maximum atomic E-state index is 11.4. The molecule has 0 aliphatic carbocycles. The molecule has 2 rings (SSSR count). The van der Waals surface area contributed by atoms with Gasteiger partial charge in [-0.1, -0.05) is 0 Å². The van der Waals surface area contributed by atoms with Crippen molar-refractivity contribution in [1.29, 1.82) is 0 Å². The van der Waals surface area contributed by atoms with Crippen LogP contribution in [0.25, 0.3) is 0 Å². The lowest BCUT2D eigenvalue weighted by Gasteiger charge is -2.22. The molecule has 0 amide bonds. The minimum atomic E-state index is 0.0116. The van der Waals surface area contributed by atoms with Gasteiger partial charge in [0.25, 0.3) is 5.56 Å². The minimum Gasteiger partial charge on any atom is -0.308 e. The standard InChI is InChI=1S/C8H13N3OS/c1-5-7(8(12)11-10-5)6-4-13-3-2-9-6/h6,9H,2-4H2,1H3,(H2,10,11,12). The van der Waals surface area contributed by atoms with Crippen LogP contribution in [-0.4, -0.2) is 28.2 Å². The summed E-state index contributed by atoms with van der Waals surface area (Å²) >= 11 is 1.89. The van der Waals surface area contributed by atoms with Crippen LogP contribution in [0.4, 0.5) is 0 Å². The summed E-state index contributed by atoms with van der Waals surface area (Å²) in [6.45, 7) is 2.91. The second-order valence-corrected chi connectivity index (χ2v) is 4.35. The summed E-state index contributed by atoms with van der Waals surface area (Å²) in [6.07, 6.45) is 0. The maximum Gasteiger partial charge on any atom is 0.268 e. The molecule has 5 heteroatoms. The molecule has 0 spiro atoms. The van der Waals surface area contributed by atoms with Gasteiger partial charge in [-0.05, 0) is 6.92 Å². The van der Waals surface area contributed by atoms with Gasteiger partial charge in [-0.25, -0.2) is 0 Å². The average molecular weight is 199 g/mol. The molecule has 1 fully saturated rings. The van der Waals surface area contributed by atoms with Gasteiger partial charge in [0.1, 0.15) is 0 Å².